The molecule has 0 aromatic heterocycles. The fourth-order valence-corrected chi connectivity index (χ4v) is 3.87. The van der Waals surface area contributed by atoms with Crippen molar-refractivity contribution < 1.29 is 14.3 Å². The zero-order valence-electron chi connectivity index (χ0n) is 16.1. The summed E-state index contributed by atoms with van der Waals surface area (Å²) < 4.78 is 5.99. The highest BCUT2D eigenvalue weighted by atomic mass is 16.5. The number of ether oxygens (including phenoxy) is 1. The molecule has 1 aliphatic heterocycles. The van der Waals surface area contributed by atoms with Gasteiger partial charge in [0.25, 0.3) is 5.91 Å². The highest BCUT2D eigenvalue weighted by molar-refractivity contribution is 5.93. The van der Waals surface area contributed by atoms with Crippen molar-refractivity contribution in [2.75, 3.05) is 11.9 Å². The lowest BCUT2D eigenvalue weighted by Gasteiger charge is -2.24. The van der Waals surface area contributed by atoms with Gasteiger partial charge in [0.15, 0.2) is 6.10 Å². The van der Waals surface area contributed by atoms with E-state index in [1.165, 1.54) is 0 Å². The molecule has 1 aromatic rings. The highest BCUT2D eigenvalue weighted by Gasteiger charge is 2.30. The summed E-state index contributed by atoms with van der Waals surface area (Å²) in [7, 11) is 0. The summed E-state index contributed by atoms with van der Waals surface area (Å²) in [5.74, 6) is 1.43. The molecule has 1 saturated carbocycles. The van der Waals surface area contributed by atoms with Crippen LogP contribution in [-0.4, -0.2) is 29.4 Å². The number of nitrogens with zero attached hydrogens (tertiary/aromatic N) is 1. The number of amides is 2. The molecule has 26 heavy (non-hydrogen) atoms. The van der Waals surface area contributed by atoms with Gasteiger partial charge in [-0.1, -0.05) is 33.6 Å². The van der Waals surface area contributed by atoms with Crippen molar-refractivity contribution in [2.45, 2.75) is 65.5 Å². The third-order valence-electron chi connectivity index (χ3n) is 5.23. The van der Waals surface area contributed by atoms with Crippen LogP contribution in [0.5, 0.6) is 5.75 Å². The summed E-state index contributed by atoms with van der Waals surface area (Å²) in [5, 5.41) is 3.05. The summed E-state index contributed by atoms with van der Waals surface area (Å²) in [6, 6.07) is 5.72. The van der Waals surface area contributed by atoms with Crippen molar-refractivity contribution in [1.82, 2.24) is 4.90 Å². The molecular weight excluding hydrogens is 328 g/mol. The molecule has 1 heterocycles. The first kappa shape index (κ1) is 18.7. The zero-order valence-corrected chi connectivity index (χ0v) is 16.1. The Labute approximate surface area is 156 Å². The van der Waals surface area contributed by atoms with E-state index < -0.39 is 6.10 Å². The van der Waals surface area contributed by atoms with Crippen LogP contribution in [0.4, 0.5) is 5.69 Å². The van der Waals surface area contributed by atoms with Gasteiger partial charge in [-0.15, -0.1) is 0 Å². The fourth-order valence-electron chi connectivity index (χ4n) is 3.87. The first-order valence-electron chi connectivity index (χ1n) is 9.87. The SMILES string of the molecule is CCC1Oc2ccc(NC(=O)C3CCCC3)cc2CN(CC(C)C)C1=O. The van der Waals surface area contributed by atoms with Crippen LogP contribution < -0.4 is 10.1 Å². The van der Waals surface area contributed by atoms with Gasteiger partial charge in [-0.05, 0) is 43.4 Å². The molecule has 5 heteroatoms. The van der Waals surface area contributed by atoms with E-state index in [4.69, 9.17) is 4.74 Å². The van der Waals surface area contributed by atoms with E-state index in [2.05, 4.69) is 19.2 Å². The number of benzene rings is 1. The first-order chi connectivity index (χ1) is 12.5. The minimum Gasteiger partial charge on any atom is -0.480 e. The topological polar surface area (TPSA) is 58.6 Å². The Bertz CT molecular complexity index is 665. The van der Waals surface area contributed by atoms with Gasteiger partial charge in [0.2, 0.25) is 5.91 Å². The minimum absolute atomic E-state index is 0.0499. The molecule has 0 spiro atoms. The van der Waals surface area contributed by atoms with Gasteiger partial charge in [0, 0.05) is 30.3 Å². The average molecular weight is 358 g/mol. The maximum absolute atomic E-state index is 12.7. The summed E-state index contributed by atoms with van der Waals surface area (Å²) in [4.78, 5) is 27.0. The largest absolute Gasteiger partial charge is 0.480 e. The van der Waals surface area contributed by atoms with E-state index in [9.17, 15) is 9.59 Å². The van der Waals surface area contributed by atoms with Gasteiger partial charge >= 0.3 is 0 Å². The second kappa shape index (κ2) is 8.11. The molecule has 1 aliphatic carbocycles. The molecule has 1 aromatic carbocycles. The maximum atomic E-state index is 12.7. The van der Waals surface area contributed by atoms with Crippen LogP contribution in [0.15, 0.2) is 18.2 Å². The summed E-state index contributed by atoms with van der Waals surface area (Å²) >= 11 is 0. The Balaban J connectivity index is 1.80. The Morgan fingerprint density at radius 1 is 1.31 bits per heavy atom. The third kappa shape index (κ3) is 4.19. The van der Waals surface area contributed by atoms with Crippen LogP contribution in [-0.2, 0) is 16.1 Å². The number of fused-ring (bicyclic) bond motifs is 1. The van der Waals surface area contributed by atoms with Gasteiger partial charge in [-0.3, -0.25) is 9.59 Å². The monoisotopic (exact) mass is 358 g/mol. The molecule has 0 saturated heterocycles. The molecule has 2 amide bonds. The third-order valence-corrected chi connectivity index (χ3v) is 5.23. The number of anilines is 1. The van der Waals surface area contributed by atoms with Crippen molar-refractivity contribution in [3.63, 3.8) is 0 Å². The Morgan fingerprint density at radius 2 is 2.04 bits per heavy atom. The second-order valence-corrected chi connectivity index (χ2v) is 7.92. The number of hydrogen-bond acceptors (Lipinski definition) is 3. The van der Waals surface area contributed by atoms with Crippen molar-refractivity contribution >= 4 is 17.5 Å². The average Bonchev–Trinajstić information content (AvgIpc) is 3.10. The lowest BCUT2D eigenvalue weighted by molar-refractivity contribution is -0.139. The van der Waals surface area contributed by atoms with Gasteiger partial charge in [0.1, 0.15) is 5.75 Å². The van der Waals surface area contributed by atoms with Crippen LogP contribution in [0.25, 0.3) is 0 Å². The van der Waals surface area contributed by atoms with Crippen LogP contribution >= 0.6 is 0 Å². The Hall–Kier alpha value is -2.04. The zero-order chi connectivity index (χ0) is 18.7. The van der Waals surface area contributed by atoms with Crippen molar-refractivity contribution in [1.29, 1.82) is 0 Å². The molecule has 1 atom stereocenters. The molecule has 1 unspecified atom stereocenters. The predicted molar refractivity (Wildman–Crippen MR) is 102 cm³/mol. The lowest BCUT2D eigenvalue weighted by atomic mass is 10.1. The second-order valence-electron chi connectivity index (χ2n) is 7.92. The molecular formula is C21H30N2O3. The van der Waals surface area contributed by atoms with Gasteiger partial charge in [0.05, 0.1) is 0 Å². The van der Waals surface area contributed by atoms with E-state index in [1.807, 2.05) is 30.0 Å². The first-order valence-corrected chi connectivity index (χ1v) is 9.87. The van der Waals surface area contributed by atoms with Gasteiger partial charge in [-0.25, -0.2) is 0 Å². The molecule has 1 fully saturated rings. The number of carbonyl (C=O) groups excluding carboxylic acids is 2. The van der Waals surface area contributed by atoms with Crippen molar-refractivity contribution in [3.05, 3.63) is 23.8 Å². The number of nitrogens with one attached hydrogen (secondary N) is 1. The predicted octanol–water partition coefficient (Wildman–Crippen LogP) is 3.97. The van der Waals surface area contributed by atoms with E-state index in [-0.39, 0.29) is 17.7 Å². The standard InChI is InChI=1S/C21H30N2O3/c1-4-18-21(25)23(12-14(2)3)13-16-11-17(9-10-19(16)26-18)22-20(24)15-7-5-6-8-15/h9-11,14-15,18H,4-8,12-13H2,1-3H3,(H,22,24). The maximum Gasteiger partial charge on any atom is 0.263 e. The molecule has 1 N–H and O–H groups in total. The lowest BCUT2D eigenvalue weighted by Crippen LogP contribution is -2.41. The highest BCUT2D eigenvalue weighted by Crippen LogP contribution is 2.31. The molecule has 3 rings (SSSR count). The van der Waals surface area contributed by atoms with Crippen molar-refractivity contribution in [3.8, 4) is 5.75 Å². The Kier molecular flexibility index (Phi) is 5.84. The molecule has 0 bridgehead atoms. The minimum atomic E-state index is -0.436. The van der Waals surface area contributed by atoms with E-state index in [1.54, 1.807) is 0 Å². The van der Waals surface area contributed by atoms with Crippen molar-refractivity contribution in [2.24, 2.45) is 11.8 Å². The fraction of sp³-hybridized carbons (Fsp3) is 0.619. The molecule has 5 nitrogen and oxygen atoms in total. The quantitative estimate of drug-likeness (QED) is 0.866. The normalized spacial score (nSPS) is 20.7. The van der Waals surface area contributed by atoms with Crippen LogP contribution in [0, 0.1) is 11.8 Å². The van der Waals surface area contributed by atoms with E-state index >= 15 is 0 Å². The summed E-state index contributed by atoms with van der Waals surface area (Å²) in [5.41, 5.74) is 1.75. The molecule has 142 valence electrons. The van der Waals surface area contributed by atoms with Crippen LogP contribution in [0.1, 0.15) is 58.4 Å². The summed E-state index contributed by atoms with van der Waals surface area (Å²) in [6.07, 6.45) is 4.45. The molecule has 0 radical (unpaired) electrons. The van der Waals surface area contributed by atoms with Gasteiger partial charge < -0.3 is 15.0 Å². The van der Waals surface area contributed by atoms with Crippen LogP contribution in [0.3, 0.4) is 0 Å². The van der Waals surface area contributed by atoms with E-state index in [0.717, 1.165) is 42.7 Å². The van der Waals surface area contributed by atoms with Gasteiger partial charge in [-0.2, -0.15) is 0 Å². The molecule has 2 aliphatic rings. The summed E-state index contributed by atoms with van der Waals surface area (Å²) in [6.45, 7) is 7.42. The Morgan fingerprint density at radius 3 is 2.69 bits per heavy atom. The smallest absolute Gasteiger partial charge is 0.263 e. The number of carbonyl (C=O) groups is 2. The van der Waals surface area contributed by atoms with E-state index in [0.29, 0.717) is 25.4 Å². The van der Waals surface area contributed by atoms with Crippen LogP contribution in [0.2, 0.25) is 0 Å². The number of rotatable bonds is 5. The number of hydrogen-bond donors (Lipinski definition) is 1.